The number of guanidine groups is 1. The Morgan fingerprint density at radius 3 is 2.59 bits per heavy atom. The minimum atomic E-state index is -0.767. The number of hydrogen-bond donors (Lipinski definition) is 2. The van der Waals surface area contributed by atoms with E-state index in [-0.39, 0.29) is 11.9 Å². The smallest absolute Gasteiger partial charge is 0.256 e. The fourth-order valence-corrected chi connectivity index (χ4v) is 1.77. The van der Waals surface area contributed by atoms with Crippen LogP contribution in [0.1, 0.15) is 26.3 Å². The lowest BCUT2D eigenvalue weighted by Gasteiger charge is -2.21. The molecule has 1 aliphatic rings. The molecule has 1 unspecified atom stereocenters. The number of pyridine rings is 1. The zero-order valence-electron chi connectivity index (χ0n) is 10.2. The molecule has 1 aromatic heterocycles. The van der Waals surface area contributed by atoms with Gasteiger partial charge in [-0.2, -0.15) is 0 Å². The summed E-state index contributed by atoms with van der Waals surface area (Å²) in [5.41, 5.74) is 0.107. The predicted molar refractivity (Wildman–Crippen MR) is 65.4 cm³/mol. The third kappa shape index (κ3) is 2.13. The van der Waals surface area contributed by atoms with Crippen LogP contribution in [0.15, 0.2) is 29.5 Å². The first kappa shape index (κ1) is 11.6. The monoisotopic (exact) mass is 232 g/mol. The zero-order valence-corrected chi connectivity index (χ0v) is 10.2. The number of rotatable bonds is 2. The van der Waals surface area contributed by atoms with Crippen LogP contribution in [0, 0.1) is 0 Å². The van der Waals surface area contributed by atoms with Crippen molar-refractivity contribution in [3.63, 3.8) is 0 Å². The standard InChI is InChI=1S/C12H16N4O/c1-8(2)14-11-15-10(17)12(3,16-11)9-4-6-13-7-5-9/h4-8H,1-3H3,(H2,14,15,16,17). The summed E-state index contributed by atoms with van der Waals surface area (Å²) in [5, 5.41) is 5.88. The van der Waals surface area contributed by atoms with Crippen LogP contribution < -0.4 is 10.6 Å². The lowest BCUT2D eigenvalue weighted by Crippen LogP contribution is -2.40. The molecule has 0 aromatic carbocycles. The predicted octanol–water partition coefficient (Wildman–Crippen LogP) is 0.781. The highest BCUT2D eigenvalue weighted by Crippen LogP contribution is 2.23. The summed E-state index contributed by atoms with van der Waals surface area (Å²) in [4.78, 5) is 20.3. The molecule has 0 radical (unpaired) electrons. The van der Waals surface area contributed by atoms with Crippen molar-refractivity contribution in [1.82, 2.24) is 15.6 Å². The Hall–Kier alpha value is -1.91. The largest absolute Gasteiger partial charge is 0.338 e. The number of aromatic nitrogens is 1. The molecule has 1 atom stereocenters. The quantitative estimate of drug-likeness (QED) is 0.792. The summed E-state index contributed by atoms with van der Waals surface area (Å²) < 4.78 is 0. The van der Waals surface area contributed by atoms with Crippen LogP contribution >= 0.6 is 0 Å². The fourth-order valence-electron chi connectivity index (χ4n) is 1.77. The molecular formula is C12H16N4O. The summed E-state index contributed by atoms with van der Waals surface area (Å²) in [7, 11) is 0. The molecule has 2 rings (SSSR count). The van der Waals surface area contributed by atoms with Crippen LogP contribution in [0.25, 0.3) is 0 Å². The second-order valence-electron chi connectivity index (χ2n) is 4.51. The Labute approximate surface area is 100 Å². The average molecular weight is 232 g/mol. The molecule has 0 saturated carbocycles. The van der Waals surface area contributed by atoms with E-state index < -0.39 is 5.54 Å². The van der Waals surface area contributed by atoms with E-state index in [4.69, 9.17) is 0 Å². The Morgan fingerprint density at radius 1 is 1.35 bits per heavy atom. The first-order valence-corrected chi connectivity index (χ1v) is 5.60. The fraction of sp³-hybridized carbons (Fsp3) is 0.417. The van der Waals surface area contributed by atoms with Gasteiger partial charge in [0.25, 0.3) is 5.91 Å². The molecule has 17 heavy (non-hydrogen) atoms. The van der Waals surface area contributed by atoms with E-state index in [1.165, 1.54) is 0 Å². The Morgan fingerprint density at radius 2 is 2.00 bits per heavy atom. The molecule has 0 bridgehead atoms. The van der Waals surface area contributed by atoms with Gasteiger partial charge in [-0.1, -0.05) is 0 Å². The van der Waals surface area contributed by atoms with Crippen molar-refractivity contribution in [2.75, 3.05) is 0 Å². The number of nitrogens with zero attached hydrogens (tertiary/aromatic N) is 2. The van der Waals surface area contributed by atoms with Crippen LogP contribution in [-0.2, 0) is 10.3 Å². The van der Waals surface area contributed by atoms with Crippen LogP contribution in [0.5, 0.6) is 0 Å². The van der Waals surface area contributed by atoms with E-state index in [1.807, 2.05) is 32.9 Å². The minimum Gasteiger partial charge on any atom is -0.338 e. The van der Waals surface area contributed by atoms with Gasteiger partial charge in [0.15, 0.2) is 5.96 Å². The number of hydrogen-bond acceptors (Lipinski definition) is 3. The Balaban J connectivity index is 2.31. The second-order valence-corrected chi connectivity index (χ2v) is 4.51. The van der Waals surface area contributed by atoms with Crippen molar-refractivity contribution in [2.24, 2.45) is 4.99 Å². The van der Waals surface area contributed by atoms with Gasteiger partial charge in [-0.15, -0.1) is 0 Å². The van der Waals surface area contributed by atoms with Crippen LogP contribution in [-0.4, -0.2) is 22.9 Å². The molecule has 1 fully saturated rings. The van der Waals surface area contributed by atoms with Gasteiger partial charge in [-0.05, 0) is 38.5 Å². The van der Waals surface area contributed by atoms with Gasteiger partial charge in [0, 0.05) is 18.4 Å². The highest BCUT2D eigenvalue weighted by Gasteiger charge is 2.42. The van der Waals surface area contributed by atoms with E-state index in [0.29, 0.717) is 5.96 Å². The molecule has 2 N–H and O–H groups in total. The van der Waals surface area contributed by atoms with Crippen LogP contribution in [0.4, 0.5) is 0 Å². The van der Waals surface area contributed by atoms with E-state index in [1.54, 1.807) is 12.4 Å². The normalized spacial score (nSPS) is 26.1. The molecule has 0 spiro atoms. The van der Waals surface area contributed by atoms with Gasteiger partial charge < -0.3 is 5.32 Å². The maximum atomic E-state index is 12.0. The Bertz CT molecular complexity index is 455. The lowest BCUT2D eigenvalue weighted by atomic mass is 9.93. The summed E-state index contributed by atoms with van der Waals surface area (Å²) in [6, 6.07) is 3.79. The summed E-state index contributed by atoms with van der Waals surface area (Å²) in [6.07, 6.45) is 3.35. The summed E-state index contributed by atoms with van der Waals surface area (Å²) in [5.74, 6) is 0.437. The maximum absolute atomic E-state index is 12.0. The van der Waals surface area contributed by atoms with Gasteiger partial charge in [0.2, 0.25) is 0 Å². The van der Waals surface area contributed by atoms with Gasteiger partial charge in [0.05, 0.1) is 0 Å². The van der Waals surface area contributed by atoms with Gasteiger partial charge in [-0.25, -0.2) is 0 Å². The molecular weight excluding hydrogens is 216 g/mol. The molecule has 5 heteroatoms. The van der Waals surface area contributed by atoms with Crippen LogP contribution in [0.3, 0.4) is 0 Å². The van der Waals surface area contributed by atoms with Crippen molar-refractivity contribution in [3.05, 3.63) is 30.1 Å². The summed E-state index contributed by atoms with van der Waals surface area (Å²) in [6.45, 7) is 5.76. The number of aliphatic imine (C=N–C) groups is 1. The van der Waals surface area contributed by atoms with Gasteiger partial charge in [0.1, 0.15) is 5.54 Å². The lowest BCUT2D eigenvalue weighted by molar-refractivity contribution is -0.123. The van der Waals surface area contributed by atoms with Crippen molar-refractivity contribution in [3.8, 4) is 0 Å². The van der Waals surface area contributed by atoms with E-state index in [0.717, 1.165) is 5.56 Å². The first-order chi connectivity index (χ1) is 8.02. The number of carbonyl (C=O) groups excluding carboxylic acids is 1. The molecule has 1 amide bonds. The summed E-state index contributed by atoms with van der Waals surface area (Å²) >= 11 is 0. The third-order valence-electron chi connectivity index (χ3n) is 2.70. The minimum absolute atomic E-state index is 0.0944. The number of amides is 1. The van der Waals surface area contributed by atoms with Crippen molar-refractivity contribution in [2.45, 2.75) is 32.4 Å². The first-order valence-electron chi connectivity index (χ1n) is 5.60. The van der Waals surface area contributed by atoms with E-state index >= 15 is 0 Å². The molecule has 1 aliphatic heterocycles. The van der Waals surface area contributed by atoms with Gasteiger partial charge in [-0.3, -0.25) is 20.1 Å². The molecule has 1 saturated heterocycles. The second kappa shape index (κ2) is 4.16. The molecule has 5 nitrogen and oxygen atoms in total. The van der Waals surface area contributed by atoms with Crippen molar-refractivity contribution >= 4 is 11.9 Å². The molecule has 1 aromatic rings. The molecule has 0 aliphatic carbocycles. The zero-order chi connectivity index (χ0) is 12.5. The van der Waals surface area contributed by atoms with Crippen molar-refractivity contribution < 1.29 is 4.79 Å². The van der Waals surface area contributed by atoms with Crippen molar-refractivity contribution in [1.29, 1.82) is 0 Å². The highest BCUT2D eigenvalue weighted by molar-refractivity contribution is 6.09. The SMILES string of the molecule is CC(C)N=C1NC(=O)C(C)(c2ccncc2)N1. The van der Waals surface area contributed by atoms with Gasteiger partial charge >= 0.3 is 0 Å². The molecule has 2 heterocycles. The average Bonchev–Trinajstić information content (AvgIpc) is 2.56. The van der Waals surface area contributed by atoms with Crippen LogP contribution in [0.2, 0.25) is 0 Å². The van der Waals surface area contributed by atoms with E-state index in [9.17, 15) is 4.79 Å². The van der Waals surface area contributed by atoms with E-state index in [2.05, 4.69) is 20.6 Å². The number of nitrogens with one attached hydrogen (secondary N) is 2. The Kier molecular flexibility index (Phi) is 2.83. The topological polar surface area (TPSA) is 66.4 Å². The molecule has 90 valence electrons. The maximum Gasteiger partial charge on any atom is 0.256 e. The number of carbonyl (C=O) groups is 1. The highest BCUT2D eigenvalue weighted by atomic mass is 16.2. The third-order valence-corrected chi connectivity index (χ3v) is 2.70.